The van der Waals surface area contributed by atoms with Gasteiger partial charge in [-0.3, -0.25) is 10.6 Å². The van der Waals surface area contributed by atoms with E-state index >= 15 is 0 Å². The molecule has 0 heterocycles. The smallest absolute Gasteiger partial charge is 0.412 e. The maximum absolute atomic E-state index is 11.6. The minimum atomic E-state index is -1.22. The van der Waals surface area contributed by atoms with Crippen LogP contribution in [0.5, 0.6) is 0 Å². The molecule has 0 spiro atoms. The van der Waals surface area contributed by atoms with Crippen molar-refractivity contribution in [3.8, 4) is 0 Å². The summed E-state index contributed by atoms with van der Waals surface area (Å²) in [5, 5.41) is 13.5. The Morgan fingerprint density at radius 3 is 2.16 bits per heavy atom. The van der Waals surface area contributed by atoms with E-state index < -0.39 is 17.8 Å². The highest BCUT2D eigenvalue weighted by atomic mass is 35.5. The largest absolute Gasteiger partial charge is 0.465 e. The Morgan fingerprint density at radius 2 is 1.68 bits per heavy atom. The highest BCUT2D eigenvalue weighted by Gasteiger charge is 2.16. The van der Waals surface area contributed by atoms with Gasteiger partial charge < -0.3 is 9.84 Å². The number of hydrogen-bond acceptors (Lipinski definition) is 3. The zero-order valence-corrected chi connectivity index (χ0v) is 11.5. The number of anilines is 2. The first-order chi connectivity index (χ1) is 8.65. The van der Waals surface area contributed by atoms with Crippen LogP contribution < -0.4 is 10.6 Å². The number of nitrogens with one attached hydrogen (secondary N) is 2. The van der Waals surface area contributed by atoms with Crippen molar-refractivity contribution in [3.05, 3.63) is 23.2 Å². The fraction of sp³-hybridized carbons (Fsp3) is 0.333. The Morgan fingerprint density at radius 1 is 1.16 bits per heavy atom. The molecule has 0 unspecified atom stereocenters. The summed E-state index contributed by atoms with van der Waals surface area (Å²) in [5.41, 5.74) is -0.0262. The fourth-order valence-electron chi connectivity index (χ4n) is 1.28. The number of amides is 2. The third kappa shape index (κ3) is 5.96. The Balaban J connectivity index is 2.81. The van der Waals surface area contributed by atoms with Crippen molar-refractivity contribution >= 4 is 35.2 Å². The molecule has 0 saturated heterocycles. The molecule has 0 fully saturated rings. The highest BCUT2D eigenvalue weighted by Crippen LogP contribution is 2.23. The summed E-state index contributed by atoms with van der Waals surface area (Å²) in [5.74, 6) is 0. The van der Waals surface area contributed by atoms with Crippen molar-refractivity contribution in [3.63, 3.8) is 0 Å². The number of ether oxygens (including phenoxy) is 1. The molecule has 0 aliphatic carbocycles. The molecule has 0 aromatic heterocycles. The van der Waals surface area contributed by atoms with Crippen molar-refractivity contribution in [2.75, 3.05) is 10.6 Å². The van der Waals surface area contributed by atoms with Gasteiger partial charge in [-0.1, -0.05) is 11.6 Å². The maximum atomic E-state index is 11.6. The second-order valence-electron chi connectivity index (χ2n) is 4.79. The quantitative estimate of drug-likeness (QED) is 0.772. The van der Waals surface area contributed by atoms with E-state index in [-0.39, 0.29) is 10.7 Å². The topological polar surface area (TPSA) is 87.7 Å². The lowest BCUT2D eigenvalue weighted by molar-refractivity contribution is 0.0636. The molecule has 1 rings (SSSR count). The lowest BCUT2D eigenvalue weighted by Gasteiger charge is -2.19. The molecule has 19 heavy (non-hydrogen) atoms. The maximum Gasteiger partial charge on any atom is 0.412 e. The van der Waals surface area contributed by atoms with Gasteiger partial charge in [0, 0.05) is 16.4 Å². The van der Waals surface area contributed by atoms with Gasteiger partial charge in [0.25, 0.3) is 0 Å². The molecule has 1 aromatic rings. The molecule has 6 nitrogen and oxygen atoms in total. The summed E-state index contributed by atoms with van der Waals surface area (Å²) in [4.78, 5) is 22.1. The van der Waals surface area contributed by atoms with Crippen molar-refractivity contribution in [2.24, 2.45) is 0 Å². The predicted molar refractivity (Wildman–Crippen MR) is 73.0 cm³/mol. The summed E-state index contributed by atoms with van der Waals surface area (Å²) in [6.45, 7) is 5.21. The van der Waals surface area contributed by atoms with E-state index in [9.17, 15) is 9.59 Å². The number of carbonyl (C=O) groups is 2. The predicted octanol–water partition coefficient (Wildman–Crippen LogP) is 3.78. The summed E-state index contributed by atoms with van der Waals surface area (Å²) in [6.07, 6.45) is -1.86. The van der Waals surface area contributed by atoms with Gasteiger partial charge in [0.2, 0.25) is 0 Å². The van der Waals surface area contributed by atoms with Gasteiger partial charge in [-0.25, -0.2) is 9.59 Å². The Bertz CT molecular complexity index is 497. The first-order valence-electron chi connectivity index (χ1n) is 5.46. The van der Waals surface area contributed by atoms with Gasteiger partial charge in [0.05, 0.1) is 0 Å². The zero-order valence-electron chi connectivity index (χ0n) is 10.8. The van der Waals surface area contributed by atoms with E-state index in [1.807, 2.05) is 0 Å². The van der Waals surface area contributed by atoms with Gasteiger partial charge in [-0.15, -0.1) is 0 Å². The molecule has 0 bridgehead atoms. The number of benzene rings is 1. The second-order valence-corrected chi connectivity index (χ2v) is 5.22. The average molecular weight is 287 g/mol. The molecule has 0 aliphatic heterocycles. The molecule has 0 saturated carbocycles. The molecule has 3 N–H and O–H groups in total. The molecule has 7 heteroatoms. The van der Waals surface area contributed by atoms with Crippen LogP contribution in [0.1, 0.15) is 20.8 Å². The number of rotatable bonds is 2. The number of carbonyl (C=O) groups excluding carboxylic acids is 1. The summed E-state index contributed by atoms with van der Waals surface area (Å²) >= 11 is 5.82. The number of halogens is 1. The third-order valence-electron chi connectivity index (χ3n) is 1.79. The third-order valence-corrected chi connectivity index (χ3v) is 2.01. The van der Waals surface area contributed by atoms with Crippen molar-refractivity contribution < 1.29 is 19.4 Å². The van der Waals surface area contributed by atoms with Crippen molar-refractivity contribution in [1.29, 1.82) is 0 Å². The van der Waals surface area contributed by atoms with Crippen LogP contribution in [0, 0.1) is 0 Å². The average Bonchev–Trinajstić information content (AvgIpc) is 2.10. The fourth-order valence-corrected chi connectivity index (χ4v) is 1.51. The molecular formula is C12H15ClN2O4. The molecule has 0 radical (unpaired) electrons. The second kappa shape index (κ2) is 5.79. The van der Waals surface area contributed by atoms with Crippen LogP contribution in [0.4, 0.5) is 21.0 Å². The highest BCUT2D eigenvalue weighted by molar-refractivity contribution is 6.31. The lowest BCUT2D eigenvalue weighted by Crippen LogP contribution is -2.27. The summed E-state index contributed by atoms with van der Waals surface area (Å²) < 4.78 is 5.07. The first-order valence-corrected chi connectivity index (χ1v) is 5.84. The van der Waals surface area contributed by atoms with Crippen LogP contribution in [0.15, 0.2) is 18.2 Å². The van der Waals surface area contributed by atoms with Crippen LogP contribution in [0.3, 0.4) is 0 Å². The number of hydrogen-bond donors (Lipinski definition) is 3. The van der Waals surface area contributed by atoms with Gasteiger partial charge in [-0.2, -0.15) is 0 Å². The molecule has 2 amide bonds. The number of carboxylic acid groups (broad SMARTS) is 1. The Labute approximate surface area is 115 Å². The van der Waals surface area contributed by atoms with Crippen molar-refractivity contribution in [1.82, 2.24) is 0 Å². The minimum Gasteiger partial charge on any atom is -0.465 e. The lowest BCUT2D eigenvalue weighted by atomic mass is 10.2. The monoisotopic (exact) mass is 286 g/mol. The minimum absolute atomic E-state index is 0.256. The zero-order chi connectivity index (χ0) is 14.6. The molecule has 1 aromatic carbocycles. The van der Waals surface area contributed by atoms with Gasteiger partial charge in [0.1, 0.15) is 5.60 Å². The molecule has 104 valence electrons. The molecule has 0 atom stereocenters. The SMILES string of the molecule is CC(C)(C)OC(=O)Nc1cc(Cl)cc(NC(=O)O)c1. The summed E-state index contributed by atoms with van der Waals surface area (Å²) in [6, 6.07) is 4.35. The van der Waals surface area contributed by atoms with E-state index in [1.54, 1.807) is 20.8 Å². The van der Waals surface area contributed by atoms with E-state index in [2.05, 4.69) is 10.6 Å². The molecular weight excluding hydrogens is 272 g/mol. The van der Waals surface area contributed by atoms with E-state index in [0.717, 1.165) is 0 Å². The van der Waals surface area contributed by atoms with Crippen molar-refractivity contribution in [2.45, 2.75) is 26.4 Å². The standard InChI is InChI=1S/C12H15ClN2O4/c1-12(2,3)19-11(18)15-9-5-7(13)4-8(6-9)14-10(16)17/h4-6,14H,1-3H3,(H,15,18)(H,16,17). The van der Waals surface area contributed by atoms with E-state index in [1.165, 1.54) is 18.2 Å². The summed E-state index contributed by atoms with van der Waals surface area (Å²) in [7, 11) is 0. The Kier molecular flexibility index (Phi) is 4.61. The normalized spacial score (nSPS) is 10.7. The first kappa shape index (κ1) is 15.1. The Hall–Kier alpha value is -1.95. The molecule has 0 aliphatic rings. The van der Waals surface area contributed by atoms with Gasteiger partial charge in [0.15, 0.2) is 0 Å². The van der Waals surface area contributed by atoms with Crippen LogP contribution in [0.2, 0.25) is 5.02 Å². The van der Waals surface area contributed by atoms with Crippen LogP contribution in [0.25, 0.3) is 0 Å². The van der Waals surface area contributed by atoms with E-state index in [0.29, 0.717) is 5.69 Å². The van der Waals surface area contributed by atoms with Gasteiger partial charge >= 0.3 is 12.2 Å². The van der Waals surface area contributed by atoms with E-state index in [4.69, 9.17) is 21.4 Å². The van der Waals surface area contributed by atoms with Gasteiger partial charge in [-0.05, 0) is 39.0 Å². The van der Waals surface area contributed by atoms with Crippen LogP contribution >= 0.6 is 11.6 Å². The van der Waals surface area contributed by atoms with Crippen LogP contribution in [-0.2, 0) is 4.74 Å². The van der Waals surface area contributed by atoms with Crippen LogP contribution in [-0.4, -0.2) is 22.9 Å².